The predicted molar refractivity (Wildman–Crippen MR) is 46.5 cm³/mol. The van der Waals surface area contributed by atoms with Gasteiger partial charge < -0.3 is 0 Å². The second-order valence-corrected chi connectivity index (χ2v) is 2.33. The molecule has 1 aromatic rings. The first-order valence-corrected chi connectivity index (χ1v) is 3.48. The molecule has 0 amide bonds. The molecule has 0 aliphatic rings. The molecule has 0 fully saturated rings. The van der Waals surface area contributed by atoms with E-state index in [1.807, 2.05) is 18.2 Å². The molecular weight excluding hydrogens is 156 g/mol. The minimum absolute atomic E-state index is 0. The molecule has 0 aliphatic carbocycles. The Hall–Kier alpha value is 0.276. The van der Waals surface area contributed by atoms with Gasteiger partial charge in [-0.1, -0.05) is 24.3 Å². The zero-order valence-corrected chi connectivity index (χ0v) is 8.27. The number of alkyl halides is 1. The first kappa shape index (κ1) is 10.3. The lowest BCUT2D eigenvalue weighted by Gasteiger charge is -1.97. The van der Waals surface area contributed by atoms with Gasteiger partial charge in [0.25, 0.3) is 0 Å². The molecule has 0 unspecified atom stereocenters. The molecule has 2 heteroatoms. The Morgan fingerprint density at radius 1 is 1.30 bits per heavy atom. The van der Waals surface area contributed by atoms with Crippen molar-refractivity contribution in [3.8, 4) is 0 Å². The molecule has 0 aromatic heterocycles. The van der Waals surface area contributed by atoms with Gasteiger partial charge in [0.1, 0.15) is 0 Å². The Bertz CT molecular complexity index is 198. The summed E-state index contributed by atoms with van der Waals surface area (Å²) in [6.07, 6.45) is 0. The first-order chi connectivity index (χ1) is 4.34. The van der Waals surface area contributed by atoms with Crippen LogP contribution >= 0.6 is 11.6 Å². The summed E-state index contributed by atoms with van der Waals surface area (Å²) >= 11 is 5.63. The maximum Gasteiger partial charge on any atom is 0.0476 e. The van der Waals surface area contributed by atoms with Crippen LogP contribution in [-0.2, 0) is 5.88 Å². The smallest absolute Gasteiger partial charge is 0.0476 e. The molecule has 10 heavy (non-hydrogen) atoms. The first-order valence-electron chi connectivity index (χ1n) is 2.95. The van der Waals surface area contributed by atoms with Gasteiger partial charge in [-0.15, -0.1) is 11.6 Å². The summed E-state index contributed by atoms with van der Waals surface area (Å²) in [6, 6.07) is 8.14. The summed E-state index contributed by atoms with van der Waals surface area (Å²) < 4.78 is 0. The van der Waals surface area contributed by atoms with E-state index in [1.54, 1.807) is 0 Å². The van der Waals surface area contributed by atoms with E-state index in [2.05, 4.69) is 13.0 Å². The van der Waals surface area contributed by atoms with Crippen LogP contribution < -0.4 is 0 Å². The van der Waals surface area contributed by atoms with E-state index >= 15 is 0 Å². The van der Waals surface area contributed by atoms with Crippen LogP contribution in [0.1, 0.15) is 11.1 Å². The molecular formula is C8H9ClMg. The molecule has 1 rings (SSSR count). The summed E-state index contributed by atoms with van der Waals surface area (Å²) in [6.45, 7) is 2.07. The molecule has 0 saturated carbocycles. The molecule has 0 aliphatic heterocycles. The zero-order valence-electron chi connectivity index (χ0n) is 6.10. The highest BCUT2D eigenvalue weighted by atomic mass is 35.5. The fourth-order valence-electron chi connectivity index (χ4n) is 0.760. The number of halogens is 1. The zero-order chi connectivity index (χ0) is 6.69. The summed E-state index contributed by atoms with van der Waals surface area (Å²) in [5.41, 5.74) is 2.49. The van der Waals surface area contributed by atoms with Crippen molar-refractivity contribution in [2.45, 2.75) is 12.8 Å². The van der Waals surface area contributed by atoms with Gasteiger partial charge in [0, 0.05) is 28.9 Å². The Morgan fingerprint density at radius 3 is 2.30 bits per heavy atom. The van der Waals surface area contributed by atoms with Crippen molar-refractivity contribution in [2.24, 2.45) is 0 Å². The number of benzene rings is 1. The van der Waals surface area contributed by atoms with Crippen molar-refractivity contribution >= 4 is 34.7 Å². The van der Waals surface area contributed by atoms with Crippen molar-refractivity contribution in [3.63, 3.8) is 0 Å². The summed E-state index contributed by atoms with van der Waals surface area (Å²) in [7, 11) is 0. The number of hydrogen-bond acceptors (Lipinski definition) is 0. The van der Waals surface area contributed by atoms with E-state index in [1.165, 1.54) is 11.1 Å². The van der Waals surface area contributed by atoms with Crippen molar-refractivity contribution in [3.05, 3.63) is 35.4 Å². The Kier molecular flexibility index (Phi) is 5.14. The third-order valence-corrected chi connectivity index (χ3v) is 1.69. The average Bonchev–Trinajstić information content (AvgIpc) is 1.89. The maximum atomic E-state index is 5.63. The Balaban J connectivity index is 0.000000810. The molecule has 0 heterocycles. The third kappa shape index (κ3) is 2.49. The van der Waals surface area contributed by atoms with E-state index in [-0.39, 0.29) is 23.1 Å². The fraction of sp³-hybridized carbons (Fsp3) is 0.250. The largest absolute Gasteiger partial charge is 0.122 e. The summed E-state index contributed by atoms with van der Waals surface area (Å²) in [5.74, 6) is 0.618. The van der Waals surface area contributed by atoms with Gasteiger partial charge in [-0.2, -0.15) is 0 Å². The normalized spacial score (nSPS) is 8.60. The Labute approximate surface area is 82.7 Å². The van der Waals surface area contributed by atoms with Crippen LogP contribution in [0.5, 0.6) is 0 Å². The fourth-order valence-corrected chi connectivity index (χ4v) is 1.06. The molecule has 1 aromatic carbocycles. The van der Waals surface area contributed by atoms with Crippen molar-refractivity contribution < 1.29 is 0 Å². The molecule has 0 saturated heterocycles. The molecule has 0 N–H and O–H groups in total. The third-order valence-electron chi connectivity index (χ3n) is 1.41. The second-order valence-electron chi connectivity index (χ2n) is 2.06. The lowest BCUT2D eigenvalue weighted by Crippen LogP contribution is -1.80. The number of rotatable bonds is 1. The lowest BCUT2D eigenvalue weighted by molar-refractivity contribution is 1.30. The van der Waals surface area contributed by atoms with Gasteiger partial charge >= 0.3 is 0 Å². The standard InChI is InChI=1S/C8H9Cl.Mg/c1-7-4-2-3-5-8(7)6-9;/h2-5H,6H2,1H3;. The minimum Gasteiger partial charge on any atom is -0.122 e. The van der Waals surface area contributed by atoms with Gasteiger partial charge in [0.15, 0.2) is 0 Å². The lowest BCUT2D eigenvalue weighted by atomic mass is 10.1. The number of aryl methyl sites for hydroxylation is 1. The Morgan fingerprint density at radius 2 is 1.90 bits per heavy atom. The number of hydrogen-bond donors (Lipinski definition) is 0. The van der Waals surface area contributed by atoms with E-state index in [0.717, 1.165) is 0 Å². The van der Waals surface area contributed by atoms with E-state index < -0.39 is 0 Å². The van der Waals surface area contributed by atoms with Gasteiger partial charge in [-0.3, -0.25) is 0 Å². The van der Waals surface area contributed by atoms with Gasteiger partial charge in [0.05, 0.1) is 0 Å². The maximum absolute atomic E-state index is 5.63. The highest BCUT2D eigenvalue weighted by Gasteiger charge is 1.90. The van der Waals surface area contributed by atoms with Crippen molar-refractivity contribution in [2.75, 3.05) is 0 Å². The molecule has 50 valence electrons. The van der Waals surface area contributed by atoms with Crippen molar-refractivity contribution in [1.29, 1.82) is 0 Å². The molecule has 0 nitrogen and oxygen atoms in total. The van der Waals surface area contributed by atoms with E-state index in [9.17, 15) is 0 Å². The summed E-state index contributed by atoms with van der Waals surface area (Å²) in [5, 5.41) is 0. The average molecular weight is 165 g/mol. The summed E-state index contributed by atoms with van der Waals surface area (Å²) in [4.78, 5) is 0. The molecule has 2 radical (unpaired) electrons. The van der Waals surface area contributed by atoms with Crippen LogP contribution in [0.4, 0.5) is 0 Å². The minimum atomic E-state index is 0. The highest BCUT2D eigenvalue weighted by molar-refractivity contribution is 6.17. The van der Waals surface area contributed by atoms with Crippen LogP contribution in [0, 0.1) is 6.92 Å². The van der Waals surface area contributed by atoms with Gasteiger partial charge in [-0.05, 0) is 18.1 Å². The topological polar surface area (TPSA) is 0 Å². The van der Waals surface area contributed by atoms with Crippen LogP contribution in [0.25, 0.3) is 0 Å². The van der Waals surface area contributed by atoms with Crippen LogP contribution in [-0.4, -0.2) is 23.1 Å². The van der Waals surface area contributed by atoms with Crippen LogP contribution in [0.2, 0.25) is 0 Å². The van der Waals surface area contributed by atoms with E-state index in [0.29, 0.717) is 5.88 Å². The quantitative estimate of drug-likeness (QED) is 0.442. The molecule has 0 bridgehead atoms. The second kappa shape index (κ2) is 5.00. The van der Waals surface area contributed by atoms with Crippen LogP contribution in [0.15, 0.2) is 24.3 Å². The van der Waals surface area contributed by atoms with Crippen LogP contribution in [0.3, 0.4) is 0 Å². The van der Waals surface area contributed by atoms with Gasteiger partial charge in [-0.25, -0.2) is 0 Å². The molecule has 0 atom stereocenters. The van der Waals surface area contributed by atoms with Crippen molar-refractivity contribution in [1.82, 2.24) is 0 Å². The monoisotopic (exact) mass is 164 g/mol. The predicted octanol–water partition coefficient (Wildman–Crippen LogP) is 2.35. The highest BCUT2D eigenvalue weighted by Crippen LogP contribution is 2.08. The molecule has 0 spiro atoms. The SMILES string of the molecule is Cc1ccccc1CCl.[Mg]. The van der Waals surface area contributed by atoms with E-state index in [4.69, 9.17) is 11.6 Å². The van der Waals surface area contributed by atoms with Gasteiger partial charge in [0.2, 0.25) is 0 Å².